The van der Waals surface area contributed by atoms with E-state index in [1.54, 1.807) is 31.2 Å². The summed E-state index contributed by atoms with van der Waals surface area (Å²) in [5, 5.41) is 22.7. The molecular weight excluding hydrogens is 206 g/mol. The summed E-state index contributed by atoms with van der Waals surface area (Å²) < 4.78 is 0. The molecule has 5 nitrogen and oxygen atoms in total. The van der Waals surface area contributed by atoms with Crippen molar-refractivity contribution in [3.05, 3.63) is 29.8 Å². The van der Waals surface area contributed by atoms with Gasteiger partial charge in [0.25, 0.3) is 0 Å². The van der Waals surface area contributed by atoms with Gasteiger partial charge in [0.05, 0.1) is 17.7 Å². The second-order valence-electron chi connectivity index (χ2n) is 3.38. The third kappa shape index (κ3) is 3.98. The van der Waals surface area contributed by atoms with Crippen LogP contribution in [0.25, 0.3) is 0 Å². The molecule has 0 bridgehead atoms. The van der Waals surface area contributed by atoms with E-state index in [9.17, 15) is 4.79 Å². The van der Waals surface area contributed by atoms with Crippen LogP contribution in [-0.4, -0.2) is 23.8 Å². The molecule has 16 heavy (non-hydrogen) atoms. The molecule has 5 heteroatoms. The molecule has 0 saturated heterocycles. The van der Waals surface area contributed by atoms with E-state index in [1.165, 1.54) is 0 Å². The molecule has 1 rings (SSSR count). The average molecular weight is 219 g/mol. The van der Waals surface area contributed by atoms with E-state index in [0.717, 1.165) is 0 Å². The average Bonchev–Trinajstić information content (AvgIpc) is 2.26. The summed E-state index contributed by atoms with van der Waals surface area (Å²) >= 11 is 0. The molecule has 1 unspecified atom stereocenters. The van der Waals surface area contributed by atoms with Gasteiger partial charge in [-0.1, -0.05) is 6.07 Å². The first kappa shape index (κ1) is 12.0. The van der Waals surface area contributed by atoms with Crippen molar-refractivity contribution in [3.8, 4) is 6.07 Å². The van der Waals surface area contributed by atoms with Gasteiger partial charge in [-0.2, -0.15) is 5.26 Å². The lowest BCUT2D eigenvalue weighted by Gasteiger charge is -2.08. The first-order chi connectivity index (χ1) is 7.61. The van der Waals surface area contributed by atoms with Crippen molar-refractivity contribution in [3.63, 3.8) is 0 Å². The van der Waals surface area contributed by atoms with Crippen LogP contribution < -0.4 is 10.6 Å². The first-order valence-electron chi connectivity index (χ1n) is 4.85. The summed E-state index contributed by atoms with van der Waals surface area (Å²) in [6.45, 7) is 1.76. The molecule has 0 spiro atoms. The van der Waals surface area contributed by atoms with Crippen molar-refractivity contribution in [2.24, 2.45) is 0 Å². The van der Waals surface area contributed by atoms with Gasteiger partial charge in [0, 0.05) is 12.2 Å². The zero-order valence-corrected chi connectivity index (χ0v) is 8.90. The Morgan fingerprint density at radius 1 is 1.62 bits per heavy atom. The zero-order valence-electron chi connectivity index (χ0n) is 8.90. The van der Waals surface area contributed by atoms with Crippen LogP contribution in [0.1, 0.15) is 12.5 Å². The van der Waals surface area contributed by atoms with Crippen LogP contribution >= 0.6 is 0 Å². The van der Waals surface area contributed by atoms with Crippen molar-refractivity contribution in [2.45, 2.75) is 13.0 Å². The minimum Gasteiger partial charge on any atom is -0.392 e. The van der Waals surface area contributed by atoms with Gasteiger partial charge in [0.1, 0.15) is 0 Å². The van der Waals surface area contributed by atoms with Crippen molar-refractivity contribution in [2.75, 3.05) is 11.9 Å². The number of benzene rings is 1. The fraction of sp³-hybridized carbons (Fsp3) is 0.273. The van der Waals surface area contributed by atoms with Crippen LogP contribution in [0.15, 0.2) is 24.3 Å². The molecule has 0 aliphatic rings. The molecule has 84 valence electrons. The van der Waals surface area contributed by atoms with E-state index in [1.807, 2.05) is 6.07 Å². The van der Waals surface area contributed by atoms with E-state index in [-0.39, 0.29) is 6.54 Å². The number of nitrogens with one attached hydrogen (secondary N) is 2. The predicted molar refractivity (Wildman–Crippen MR) is 59.9 cm³/mol. The largest absolute Gasteiger partial charge is 0.392 e. The highest BCUT2D eigenvalue weighted by Gasteiger charge is 2.03. The Morgan fingerprint density at radius 2 is 2.38 bits per heavy atom. The summed E-state index contributed by atoms with van der Waals surface area (Å²) in [5.41, 5.74) is 1.02. The quantitative estimate of drug-likeness (QED) is 0.710. The molecule has 0 heterocycles. The number of nitriles is 1. The lowest BCUT2D eigenvalue weighted by atomic mass is 10.2. The number of carbonyl (C=O) groups excluding carboxylic acids is 1. The van der Waals surface area contributed by atoms with E-state index in [4.69, 9.17) is 10.4 Å². The topological polar surface area (TPSA) is 85.2 Å². The number of nitrogens with zero attached hydrogens (tertiary/aromatic N) is 1. The van der Waals surface area contributed by atoms with E-state index < -0.39 is 12.1 Å². The summed E-state index contributed by atoms with van der Waals surface area (Å²) in [7, 11) is 0. The highest BCUT2D eigenvalue weighted by molar-refractivity contribution is 5.89. The SMILES string of the molecule is CC(O)CNC(=O)Nc1cccc(C#N)c1. The van der Waals surface area contributed by atoms with Gasteiger partial charge in [0.15, 0.2) is 0 Å². The van der Waals surface area contributed by atoms with Crippen LogP contribution in [0.2, 0.25) is 0 Å². The van der Waals surface area contributed by atoms with Crippen molar-refractivity contribution in [1.29, 1.82) is 5.26 Å². The molecule has 0 radical (unpaired) electrons. The molecule has 1 atom stereocenters. The van der Waals surface area contributed by atoms with Crippen LogP contribution in [0.5, 0.6) is 0 Å². The highest BCUT2D eigenvalue weighted by atomic mass is 16.3. The summed E-state index contributed by atoms with van der Waals surface area (Å²) in [4.78, 5) is 11.3. The zero-order chi connectivity index (χ0) is 12.0. The van der Waals surface area contributed by atoms with Gasteiger partial charge >= 0.3 is 6.03 Å². The van der Waals surface area contributed by atoms with Crippen LogP contribution in [0, 0.1) is 11.3 Å². The fourth-order valence-corrected chi connectivity index (χ4v) is 1.08. The third-order valence-electron chi connectivity index (χ3n) is 1.81. The molecule has 0 saturated carbocycles. The number of anilines is 1. The first-order valence-corrected chi connectivity index (χ1v) is 4.85. The number of rotatable bonds is 3. The third-order valence-corrected chi connectivity index (χ3v) is 1.81. The molecular formula is C11H13N3O2. The van der Waals surface area contributed by atoms with Gasteiger partial charge in [0.2, 0.25) is 0 Å². The summed E-state index contributed by atoms with van der Waals surface area (Å²) in [5.74, 6) is 0. The van der Waals surface area contributed by atoms with Crippen molar-refractivity contribution < 1.29 is 9.90 Å². The Morgan fingerprint density at radius 3 is 3.00 bits per heavy atom. The van der Waals surface area contributed by atoms with E-state index >= 15 is 0 Å². The van der Waals surface area contributed by atoms with Gasteiger partial charge in [-0.3, -0.25) is 0 Å². The number of carbonyl (C=O) groups is 1. The van der Waals surface area contributed by atoms with Crippen LogP contribution in [-0.2, 0) is 0 Å². The maximum absolute atomic E-state index is 11.3. The molecule has 2 amide bonds. The van der Waals surface area contributed by atoms with Crippen molar-refractivity contribution >= 4 is 11.7 Å². The number of hydrogen-bond donors (Lipinski definition) is 3. The van der Waals surface area contributed by atoms with Crippen LogP contribution in [0.4, 0.5) is 10.5 Å². The Bertz CT molecular complexity index is 410. The molecule has 0 aliphatic heterocycles. The molecule has 3 N–H and O–H groups in total. The summed E-state index contributed by atoms with van der Waals surface area (Å²) in [6.07, 6.45) is -0.587. The number of urea groups is 1. The smallest absolute Gasteiger partial charge is 0.319 e. The number of aliphatic hydroxyl groups excluding tert-OH is 1. The van der Waals surface area contributed by atoms with Gasteiger partial charge < -0.3 is 15.7 Å². The molecule has 0 fully saturated rings. The molecule has 0 aromatic heterocycles. The standard InChI is InChI=1S/C11H13N3O2/c1-8(15)7-13-11(16)14-10-4-2-3-9(5-10)6-12/h2-5,8,15H,7H2,1H3,(H2,13,14,16). The highest BCUT2D eigenvalue weighted by Crippen LogP contribution is 2.09. The molecule has 1 aromatic rings. The minimum absolute atomic E-state index is 0.184. The summed E-state index contributed by atoms with van der Waals surface area (Å²) in [6, 6.07) is 8.16. The number of amides is 2. The van der Waals surface area contributed by atoms with Gasteiger partial charge in [-0.15, -0.1) is 0 Å². The maximum atomic E-state index is 11.3. The lowest BCUT2D eigenvalue weighted by molar-refractivity contribution is 0.190. The normalized spacial score (nSPS) is 11.3. The Balaban J connectivity index is 2.53. The maximum Gasteiger partial charge on any atom is 0.319 e. The van der Waals surface area contributed by atoms with E-state index in [0.29, 0.717) is 11.3 Å². The van der Waals surface area contributed by atoms with Gasteiger partial charge in [-0.25, -0.2) is 4.79 Å². The van der Waals surface area contributed by atoms with Crippen LogP contribution in [0.3, 0.4) is 0 Å². The second-order valence-corrected chi connectivity index (χ2v) is 3.38. The predicted octanol–water partition coefficient (Wildman–Crippen LogP) is 1.06. The monoisotopic (exact) mass is 219 g/mol. The minimum atomic E-state index is -0.587. The molecule has 1 aromatic carbocycles. The Labute approximate surface area is 93.7 Å². The molecule has 0 aliphatic carbocycles. The fourth-order valence-electron chi connectivity index (χ4n) is 1.08. The Hall–Kier alpha value is -2.06. The number of hydrogen-bond acceptors (Lipinski definition) is 3. The number of aliphatic hydroxyl groups is 1. The van der Waals surface area contributed by atoms with Gasteiger partial charge in [-0.05, 0) is 25.1 Å². The Kier molecular flexibility index (Phi) is 4.30. The van der Waals surface area contributed by atoms with Crippen molar-refractivity contribution in [1.82, 2.24) is 5.32 Å². The van der Waals surface area contributed by atoms with E-state index in [2.05, 4.69) is 10.6 Å². The second kappa shape index (κ2) is 5.73. The lowest BCUT2D eigenvalue weighted by Crippen LogP contribution is -2.34.